The van der Waals surface area contributed by atoms with Gasteiger partial charge < -0.3 is 14.2 Å². The summed E-state index contributed by atoms with van der Waals surface area (Å²) in [5, 5.41) is 0. The number of imidazole rings is 1. The predicted molar refractivity (Wildman–Crippen MR) is 121 cm³/mol. The van der Waals surface area contributed by atoms with E-state index in [1.165, 1.54) is 0 Å². The molecule has 0 N–H and O–H groups in total. The third-order valence-electron chi connectivity index (χ3n) is 5.31. The quantitative estimate of drug-likeness (QED) is 0.450. The summed E-state index contributed by atoms with van der Waals surface area (Å²) in [6, 6.07) is 19.5. The number of amides is 1. The second-order valence-corrected chi connectivity index (χ2v) is 7.61. The van der Waals surface area contributed by atoms with Gasteiger partial charge in [0, 0.05) is 13.2 Å². The number of hydrogen-bond donors (Lipinski definition) is 0. The standard InChI is InChI=1S/C25H26N4O2/c1-18-9-8-10-19(2)24(18)31-16-15-29-22-13-5-4-11-20(22)27-23(29)17-28(3)25(30)21-12-6-7-14-26-21/h4-14H,15-17H2,1-3H3. The highest BCUT2D eigenvalue weighted by molar-refractivity contribution is 5.92. The number of para-hydroxylation sites is 3. The molecule has 4 aromatic rings. The highest BCUT2D eigenvalue weighted by atomic mass is 16.5. The molecule has 0 saturated carbocycles. The van der Waals surface area contributed by atoms with Crippen LogP contribution in [0.25, 0.3) is 11.0 Å². The van der Waals surface area contributed by atoms with E-state index in [1.54, 1.807) is 30.3 Å². The Kier molecular flexibility index (Phi) is 5.98. The molecule has 2 heterocycles. The van der Waals surface area contributed by atoms with Crippen LogP contribution in [0.15, 0.2) is 66.9 Å². The number of aromatic nitrogens is 3. The number of hydrogen-bond acceptors (Lipinski definition) is 4. The molecule has 0 spiro atoms. The van der Waals surface area contributed by atoms with Crippen molar-refractivity contribution in [3.05, 3.63) is 89.5 Å². The highest BCUT2D eigenvalue weighted by Crippen LogP contribution is 2.23. The van der Waals surface area contributed by atoms with Gasteiger partial charge in [-0.05, 0) is 49.2 Å². The first-order chi connectivity index (χ1) is 15.0. The molecule has 6 nitrogen and oxygen atoms in total. The molecule has 0 aliphatic carbocycles. The Balaban J connectivity index is 1.55. The minimum absolute atomic E-state index is 0.133. The van der Waals surface area contributed by atoms with Crippen LogP contribution in [0.1, 0.15) is 27.4 Å². The van der Waals surface area contributed by atoms with E-state index < -0.39 is 0 Å². The van der Waals surface area contributed by atoms with Crippen LogP contribution in [0.2, 0.25) is 0 Å². The SMILES string of the molecule is Cc1cccc(C)c1OCCn1c(CN(C)C(=O)c2ccccn2)nc2ccccc21. The average Bonchev–Trinajstić information content (AvgIpc) is 3.12. The zero-order chi connectivity index (χ0) is 21.8. The van der Waals surface area contributed by atoms with E-state index >= 15 is 0 Å². The molecule has 2 aromatic heterocycles. The smallest absolute Gasteiger partial charge is 0.272 e. The molecule has 0 aliphatic rings. The van der Waals surface area contributed by atoms with E-state index in [9.17, 15) is 4.79 Å². The minimum atomic E-state index is -0.133. The molecule has 0 aliphatic heterocycles. The Hall–Kier alpha value is -3.67. The largest absolute Gasteiger partial charge is 0.491 e. The number of aryl methyl sites for hydroxylation is 2. The van der Waals surface area contributed by atoms with Crippen molar-refractivity contribution in [2.24, 2.45) is 0 Å². The van der Waals surface area contributed by atoms with Gasteiger partial charge >= 0.3 is 0 Å². The monoisotopic (exact) mass is 414 g/mol. The number of carbonyl (C=O) groups excluding carboxylic acids is 1. The maximum atomic E-state index is 12.8. The van der Waals surface area contributed by atoms with Gasteiger partial charge in [0.25, 0.3) is 5.91 Å². The van der Waals surface area contributed by atoms with Crippen molar-refractivity contribution < 1.29 is 9.53 Å². The van der Waals surface area contributed by atoms with E-state index in [-0.39, 0.29) is 5.91 Å². The molecule has 0 saturated heterocycles. The Morgan fingerprint density at radius 3 is 2.48 bits per heavy atom. The molecule has 1 amide bonds. The third kappa shape index (κ3) is 4.43. The second kappa shape index (κ2) is 9.00. The van der Waals surface area contributed by atoms with Crippen molar-refractivity contribution in [1.82, 2.24) is 19.4 Å². The molecular formula is C25H26N4O2. The lowest BCUT2D eigenvalue weighted by molar-refractivity contribution is 0.0774. The van der Waals surface area contributed by atoms with Crippen LogP contribution in [0.4, 0.5) is 0 Å². The minimum Gasteiger partial charge on any atom is -0.491 e. The van der Waals surface area contributed by atoms with Crippen molar-refractivity contribution in [2.45, 2.75) is 26.9 Å². The maximum absolute atomic E-state index is 12.8. The van der Waals surface area contributed by atoms with Crippen LogP contribution in [0.5, 0.6) is 5.75 Å². The molecule has 2 aromatic carbocycles. The van der Waals surface area contributed by atoms with Crippen LogP contribution < -0.4 is 4.74 Å². The van der Waals surface area contributed by atoms with Gasteiger partial charge in [0.05, 0.1) is 24.1 Å². The number of nitrogens with zero attached hydrogens (tertiary/aromatic N) is 4. The Morgan fingerprint density at radius 2 is 1.74 bits per heavy atom. The number of ether oxygens (including phenoxy) is 1. The van der Waals surface area contributed by atoms with Gasteiger partial charge in [0.2, 0.25) is 0 Å². The fourth-order valence-electron chi connectivity index (χ4n) is 3.73. The third-order valence-corrected chi connectivity index (χ3v) is 5.31. The van der Waals surface area contributed by atoms with Gasteiger partial charge in [-0.1, -0.05) is 36.4 Å². The van der Waals surface area contributed by atoms with Crippen LogP contribution in [-0.2, 0) is 13.1 Å². The summed E-state index contributed by atoms with van der Waals surface area (Å²) in [6.45, 7) is 5.64. The maximum Gasteiger partial charge on any atom is 0.272 e. The van der Waals surface area contributed by atoms with Crippen LogP contribution in [0.3, 0.4) is 0 Å². The molecule has 0 bridgehead atoms. The van der Waals surface area contributed by atoms with Crippen molar-refractivity contribution in [3.8, 4) is 5.75 Å². The van der Waals surface area contributed by atoms with Crippen molar-refractivity contribution in [2.75, 3.05) is 13.7 Å². The Labute approximate surface area is 182 Å². The molecule has 31 heavy (non-hydrogen) atoms. The van der Waals surface area contributed by atoms with Crippen LogP contribution in [-0.4, -0.2) is 39.0 Å². The lowest BCUT2D eigenvalue weighted by Gasteiger charge is -2.18. The zero-order valence-electron chi connectivity index (χ0n) is 18.1. The number of carbonyl (C=O) groups is 1. The van der Waals surface area contributed by atoms with Crippen molar-refractivity contribution in [1.29, 1.82) is 0 Å². The van der Waals surface area contributed by atoms with Crippen LogP contribution in [0, 0.1) is 13.8 Å². The Morgan fingerprint density at radius 1 is 1.00 bits per heavy atom. The van der Waals surface area contributed by atoms with E-state index in [0.29, 0.717) is 25.4 Å². The van der Waals surface area contributed by atoms with E-state index in [2.05, 4.69) is 35.5 Å². The first-order valence-electron chi connectivity index (χ1n) is 10.3. The first kappa shape index (κ1) is 20.6. The molecule has 6 heteroatoms. The van der Waals surface area contributed by atoms with Gasteiger partial charge in [-0.15, -0.1) is 0 Å². The van der Waals surface area contributed by atoms with Gasteiger partial charge in [0.1, 0.15) is 23.9 Å². The van der Waals surface area contributed by atoms with Crippen LogP contribution >= 0.6 is 0 Å². The summed E-state index contributed by atoms with van der Waals surface area (Å²) in [5.74, 6) is 1.61. The summed E-state index contributed by atoms with van der Waals surface area (Å²) < 4.78 is 8.26. The molecule has 0 atom stereocenters. The van der Waals surface area contributed by atoms with Gasteiger partial charge in [-0.25, -0.2) is 4.98 Å². The molecule has 0 radical (unpaired) electrons. The van der Waals surface area contributed by atoms with E-state index in [0.717, 1.165) is 33.7 Å². The molecule has 4 rings (SSSR count). The van der Waals surface area contributed by atoms with E-state index in [1.807, 2.05) is 36.4 Å². The van der Waals surface area contributed by atoms with Crippen molar-refractivity contribution >= 4 is 16.9 Å². The van der Waals surface area contributed by atoms with Gasteiger partial charge in [-0.3, -0.25) is 9.78 Å². The number of pyridine rings is 1. The summed E-state index contributed by atoms with van der Waals surface area (Å²) in [4.78, 5) is 23.3. The fourth-order valence-corrected chi connectivity index (χ4v) is 3.73. The summed E-state index contributed by atoms with van der Waals surface area (Å²) >= 11 is 0. The van der Waals surface area contributed by atoms with E-state index in [4.69, 9.17) is 9.72 Å². The number of benzene rings is 2. The molecule has 0 unspecified atom stereocenters. The number of fused-ring (bicyclic) bond motifs is 1. The summed E-state index contributed by atoms with van der Waals surface area (Å²) in [5.41, 5.74) is 4.60. The molecule has 0 fully saturated rings. The fraction of sp³-hybridized carbons (Fsp3) is 0.240. The Bertz CT molecular complexity index is 1180. The lowest BCUT2D eigenvalue weighted by Crippen LogP contribution is -2.28. The number of rotatable bonds is 7. The van der Waals surface area contributed by atoms with Crippen molar-refractivity contribution in [3.63, 3.8) is 0 Å². The topological polar surface area (TPSA) is 60.2 Å². The lowest BCUT2D eigenvalue weighted by atomic mass is 10.1. The normalized spacial score (nSPS) is 10.9. The summed E-state index contributed by atoms with van der Waals surface area (Å²) in [7, 11) is 1.77. The molecule has 158 valence electrons. The summed E-state index contributed by atoms with van der Waals surface area (Å²) in [6.07, 6.45) is 1.63. The second-order valence-electron chi connectivity index (χ2n) is 7.61. The van der Waals surface area contributed by atoms with Gasteiger partial charge in [-0.2, -0.15) is 0 Å². The highest BCUT2D eigenvalue weighted by Gasteiger charge is 2.18. The molecular weight excluding hydrogens is 388 g/mol. The zero-order valence-corrected chi connectivity index (χ0v) is 18.1. The average molecular weight is 415 g/mol. The van der Waals surface area contributed by atoms with Gasteiger partial charge in [0.15, 0.2) is 0 Å². The predicted octanol–water partition coefficient (Wildman–Crippen LogP) is 4.40. The first-order valence-corrected chi connectivity index (χ1v) is 10.3.